The van der Waals surface area contributed by atoms with Crippen molar-refractivity contribution in [3.63, 3.8) is 0 Å². The van der Waals surface area contributed by atoms with Crippen molar-refractivity contribution >= 4 is 21.2 Å². The van der Waals surface area contributed by atoms with Crippen LogP contribution in [0, 0.1) is 10.1 Å². The predicted octanol–water partition coefficient (Wildman–Crippen LogP) is 1.19. The highest BCUT2D eigenvalue weighted by Crippen LogP contribution is 2.26. The van der Waals surface area contributed by atoms with Gasteiger partial charge in [0.25, 0.3) is 5.69 Å². The molecular weight excluding hydrogens is 244 g/mol. The number of nitro groups is 1. The summed E-state index contributed by atoms with van der Waals surface area (Å²) in [7, 11) is -2.98. The first kappa shape index (κ1) is 11.8. The van der Waals surface area contributed by atoms with Crippen LogP contribution < -0.4 is 5.32 Å². The Kier molecular flexibility index (Phi) is 3.01. The van der Waals surface area contributed by atoms with Gasteiger partial charge in [0.1, 0.15) is 5.69 Å². The summed E-state index contributed by atoms with van der Waals surface area (Å²) in [6.45, 7) is 0. The third-order valence-corrected chi connectivity index (χ3v) is 4.46. The van der Waals surface area contributed by atoms with E-state index in [-0.39, 0.29) is 23.2 Å². The molecule has 0 radical (unpaired) electrons. The van der Waals surface area contributed by atoms with E-state index in [1.54, 1.807) is 18.2 Å². The Morgan fingerprint density at radius 1 is 1.35 bits per heavy atom. The zero-order valence-electron chi connectivity index (χ0n) is 9.00. The molecule has 92 valence electrons. The summed E-state index contributed by atoms with van der Waals surface area (Å²) >= 11 is 0. The van der Waals surface area contributed by atoms with Crippen LogP contribution in [0.4, 0.5) is 11.4 Å². The molecule has 2 rings (SSSR count). The van der Waals surface area contributed by atoms with Crippen LogP contribution in [0.3, 0.4) is 0 Å². The quantitative estimate of drug-likeness (QED) is 0.648. The normalized spacial score (nSPS) is 22.2. The summed E-state index contributed by atoms with van der Waals surface area (Å²) in [6, 6.07) is 6.00. The first-order valence-electron chi connectivity index (χ1n) is 5.18. The lowest BCUT2D eigenvalue weighted by Crippen LogP contribution is -2.21. The van der Waals surface area contributed by atoms with E-state index in [1.807, 2.05) is 0 Å². The van der Waals surface area contributed by atoms with Crippen LogP contribution in [-0.2, 0) is 9.84 Å². The molecule has 1 N–H and O–H groups in total. The summed E-state index contributed by atoms with van der Waals surface area (Å²) in [5.74, 6) is 0.185. The number of nitrogens with zero attached hydrogens (tertiary/aromatic N) is 1. The highest BCUT2D eigenvalue weighted by molar-refractivity contribution is 7.91. The van der Waals surface area contributed by atoms with E-state index in [4.69, 9.17) is 0 Å². The molecule has 17 heavy (non-hydrogen) atoms. The van der Waals surface area contributed by atoms with Gasteiger partial charge in [0.15, 0.2) is 9.84 Å². The Hall–Kier alpha value is -1.63. The number of nitro benzene ring substituents is 1. The first-order valence-corrected chi connectivity index (χ1v) is 7.00. The molecule has 1 aliphatic rings. The molecule has 0 amide bonds. The number of sulfone groups is 1. The molecule has 1 saturated heterocycles. The molecular formula is C10H12N2O4S. The molecule has 1 aromatic carbocycles. The third kappa shape index (κ3) is 2.73. The number of rotatable bonds is 3. The van der Waals surface area contributed by atoms with Gasteiger partial charge in [-0.05, 0) is 12.5 Å². The van der Waals surface area contributed by atoms with E-state index in [0.29, 0.717) is 12.1 Å². The Morgan fingerprint density at radius 2 is 2.06 bits per heavy atom. The lowest BCUT2D eigenvalue weighted by molar-refractivity contribution is -0.384. The number of hydrogen-bond acceptors (Lipinski definition) is 5. The summed E-state index contributed by atoms with van der Waals surface area (Å²) < 4.78 is 22.6. The van der Waals surface area contributed by atoms with Gasteiger partial charge in [0.2, 0.25) is 0 Å². The number of benzene rings is 1. The van der Waals surface area contributed by atoms with Crippen molar-refractivity contribution in [2.24, 2.45) is 0 Å². The summed E-state index contributed by atoms with van der Waals surface area (Å²) in [6.07, 6.45) is 0.494. The molecule has 1 unspecified atom stereocenters. The highest BCUT2D eigenvalue weighted by atomic mass is 32.2. The van der Waals surface area contributed by atoms with Crippen molar-refractivity contribution in [1.29, 1.82) is 0 Å². The number of hydrogen-bond donors (Lipinski definition) is 1. The largest absolute Gasteiger partial charge is 0.376 e. The summed E-state index contributed by atoms with van der Waals surface area (Å²) in [5.41, 5.74) is 0.344. The van der Waals surface area contributed by atoms with E-state index in [1.165, 1.54) is 6.07 Å². The van der Waals surface area contributed by atoms with Crippen molar-refractivity contribution < 1.29 is 13.3 Å². The Morgan fingerprint density at radius 3 is 2.65 bits per heavy atom. The topological polar surface area (TPSA) is 89.3 Å². The van der Waals surface area contributed by atoms with Crippen LogP contribution in [0.5, 0.6) is 0 Å². The lowest BCUT2D eigenvalue weighted by atomic mass is 10.2. The molecule has 1 fully saturated rings. The highest BCUT2D eigenvalue weighted by Gasteiger charge is 2.29. The van der Waals surface area contributed by atoms with Crippen LogP contribution in [0.2, 0.25) is 0 Å². The van der Waals surface area contributed by atoms with Crippen LogP contribution in [0.25, 0.3) is 0 Å². The number of para-hydroxylation sites is 2. The smallest absolute Gasteiger partial charge is 0.292 e. The van der Waals surface area contributed by atoms with Crippen LogP contribution >= 0.6 is 0 Å². The first-order chi connectivity index (χ1) is 7.98. The summed E-state index contributed by atoms with van der Waals surface area (Å²) in [5, 5.41) is 13.7. The molecule has 7 heteroatoms. The minimum atomic E-state index is -2.98. The van der Waals surface area contributed by atoms with Gasteiger partial charge in [0.05, 0.1) is 16.4 Å². The third-order valence-electron chi connectivity index (χ3n) is 2.69. The van der Waals surface area contributed by atoms with Crippen molar-refractivity contribution in [2.45, 2.75) is 12.5 Å². The van der Waals surface area contributed by atoms with Crippen molar-refractivity contribution in [3.05, 3.63) is 34.4 Å². The maximum atomic E-state index is 11.3. The molecule has 0 spiro atoms. The Bertz CT molecular complexity index is 541. The van der Waals surface area contributed by atoms with E-state index >= 15 is 0 Å². The maximum absolute atomic E-state index is 11.3. The molecule has 1 atom stereocenters. The molecule has 0 aromatic heterocycles. The monoisotopic (exact) mass is 256 g/mol. The van der Waals surface area contributed by atoms with Gasteiger partial charge >= 0.3 is 0 Å². The molecule has 1 aliphatic heterocycles. The fourth-order valence-corrected chi connectivity index (χ4v) is 3.56. The molecule has 0 bridgehead atoms. The fourth-order valence-electron chi connectivity index (χ4n) is 1.88. The van der Waals surface area contributed by atoms with E-state index in [0.717, 1.165) is 0 Å². The van der Waals surface area contributed by atoms with E-state index in [9.17, 15) is 18.5 Å². The maximum Gasteiger partial charge on any atom is 0.292 e. The minimum absolute atomic E-state index is 0.0307. The second kappa shape index (κ2) is 4.33. The van der Waals surface area contributed by atoms with Crippen LogP contribution in [0.15, 0.2) is 24.3 Å². The van der Waals surface area contributed by atoms with E-state index in [2.05, 4.69) is 5.32 Å². The van der Waals surface area contributed by atoms with Crippen molar-refractivity contribution in [1.82, 2.24) is 0 Å². The zero-order valence-corrected chi connectivity index (χ0v) is 9.81. The molecule has 0 aliphatic carbocycles. The molecule has 1 heterocycles. The van der Waals surface area contributed by atoms with Gasteiger partial charge in [-0.1, -0.05) is 12.1 Å². The van der Waals surface area contributed by atoms with Crippen molar-refractivity contribution in [2.75, 3.05) is 16.8 Å². The Labute approximate surface area is 98.7 Å². The molecule has 1 aromatic rings. The molecule has 0 saturated carbocycles. The van der Waals surface area contributed by atoms with Gasteiger partial charge in [-0.25, -0.2) is 8.42 Å². The second-order valence-corrected chi connectivity index (χ2v) is 6.25. The number of anilines is 1. The fraction of sp³-hybridized carbons (Fsp3) is 0.400. The average Bonchev–Trinajstić information content (AvgIpc) is 2.58. The summed E-state index contributed by atoms with van der Waals surface area (Å²) in [4.78, 5) is 10.3. The van der Waals surface area contributed by atoms with Gasteiger partial charge in [-0.3, -0.25) is 10.1 Å². The lowest BCUT2D eigenvalue weighted by Gasteiger charge is -2.12. The zero-order chi connectivity index (χ0) is 12.5. The van der Waals surface area contributed by atoms with Crippen LogP contribution in [0.1, 0.15) is 6.42 Å². The molecule has 6 nitrogen and oxygen atoms in total. The average molecular weight is 256 g/mol. The van der Waals surface area contributed by atoms with Gasteiger partial charge < -0.3 is 5.32 Å². The standard InChI is InChI=1S/C10H12N2O4S/c13-12(14)10-4-2-1-3-9(10)11-8-5-6-17(15,16)7-8/h1-4,8,11H,5-7H2. The second-order valence-electron chi connectivity index (χ2n) is 4.02. The van der Waals surface area contributed by atoms with Gasteiger partial charge in [-0.15, -0.1) is 0 Å². The van der Waals surface area contributed by atoms with E-state index < -0.39 is 14.8 Å². The minimum Gasteiger partial charge on any atom is -0.376 e. The predicted molar refractivity (Wildman–Crippen MR) is 63.8 cm³/mol. The Balaban J connectivity index is 2.17. The van der Waals surface area contributed by atoms with Gasteiger partial charge in [0, 0.05) is 12.1 Å². The van der Waals surface area contributed by atoms with Gasteiger partial charge in [-0.2, -0.15) is 0 Å². The van der Waals surface area contributed by atoms with Crippen LogP contribution in [-0.4, -0.2) is 30.9 Å². The SMILES string of the molecule is O=[N+]([O-])c1ccccc1NC1CCS(=O)(=O)C1. The number of nitrogens with one attached hydrogen (secondary N) is 1. The van der Waals surface area contributed by atoms with Crippen molar-refractivity contribution in [3.8, 4) is 0 Å².